The van der Waals surface area contributed by atoms with Crippen molar-refractivity contribution in [2.75, 3.05) is 7.11 Å². The van der Waals surface area contributed by atoms with Gasteiger partial charge in [0.25, 0.3) is 0 Å². The van der Waals surface area contributed by atoms with E-state index in [-0.39, 0.29) is 17.1 Å². The first-order valence-corrected chi connectivity index (χ1v) is 5.10. The zero-order valence-corrected chi connectivity index (χ0v) is 10.2. The molecule has 17 heavy (non-hydrogen) atoms. The van der Waals surface area contributed by atoms with Crippen molar-refractivity contribution >= 4 is 5.97 Å². The number of rotatable bonds is 3. The lowest BCUT2D eigenvalue weighted by atomic mass is 9.92. The molecule has 0 saturated heterocycles. The van der Waals surface area contributed by atoms with Crippen LogP contribution < -0.4 is 4.74 Å². The second-order valence-corrected chi connectivity index (χ2v) is 3.91. The third-order valence-corrected chi connectivity index (χ3v) is 2.99. The Morgan fingerprint density at radius 3 is 2.12 bits per heavy atom. The number of aliphatic hydroxyl groups excluding tert-OH is 1. The Morgan fingerprint density at radius 2 is 1.71 bits per heavy atom. The van der Waals surface area contributed by atoms with Gasteiger partial charge in [0.1, 0.15) is 0 Å². The molecule has 0 aliphatic heterocycles. The Morgan fingerprint density at radius 1 is 1.18 bits per heavy atom. The van der Waals surface area contributed by atoms with Gasteiger partial charge in [-0.25, -0.2) is 4.79 Å². The molecule has 0 heterocycles. The van der Waals surface area contributed by atoms with Crippen molar-refractivity contribution in [2.45, 2.75) is 26.9 Å². The molecule has 1 aromatic carbocycles. The van der Waals surface area contributed by atoms with Gasteiger partial charge in [0.15, 0.2) is 17.6 Å². The minimum atomic E-state index is -1.62. The molecule has 5 heteroatoms. The minimum absolute atomic E-state index is 0.0242. The van der Waals surface area contributed by atoms with Gasteiger partial charge in [0.2, 0.25) is 0 Å². The summed E-state index contributed by atoms with van der Waals surface area (Å²) in [6, 6.07) is 0. The van der Waals surface area contributed by atoms with Crippen LogP contribution in [0.2, 0.25) is 0 Å². The minimum Gasteiger partial charge on any atom is -0.504 e. The number of phenols is 1. The summed E-state index contributed by atoms with van der Waals surface area (Å²) < 4.78 is 5.03. The summed E-state index contributed by atoms with van der Waals surface area (Å²) in [4.78, 5) is 10.8. The van der Waals surface area contributed by atoms with Crippen molar-refractivity contribution in [3.05, 3.63) is 22.3 Å². The number of carbonyl (C=O) groups is 1. The van der Waals surface area contributed by atoms with E-state index in [1.54, 1.807) is 20.8 Å². The van der Waals surface area contributed by atoms with Crippen molar-refractivity contribution in [3.63, 3.8) is 0 Å². The first-order valence-electron chi connectivity index (χ1n) is 5.10. The van der Waals surface area contributed by atoms with E-state index in [9.17, 15) is 15.0 Å². The van der Waals surface area contributed by atoms with Crippen LogP contribution in [0.15, 0.2) is 0 Å². The van der Waals surface area contributed by atoms with Crippen molar-refractivity contribution in [1.82, 2.24) is 0 Å². The van der Waals surface area contributed by atoms with Crippen LogP contribution in [-0.2, 0) is 4.79 Å². The number of hydrogen-bond donors (Lipinski definition) is 3. The number of phenolic OH excluding ortho intramolecular Hbond substituents is 1. The van der Waals surface area contributed by atoms with Gasteiger partial charge in [0, 0.05) is 11.1 Å². The molecular weight excluding hydrogens is 224 g/mol. The smallest absolute Gasteiger partial charge is 0.337 e. The Hall–Kier alpha value is -1.75. The van der Waals surface area contributed by atoms with E-state index in [0.717, 1.165) is 0 Å². The Labute approximate surface area is 99.3 Å². The van der Waals surface area contributed by atoms with Crippen LogP contribution >= 0.6 is 0 Å². The van der Waals surface area contributed by atoms with E-state index in [1.165, 1.54) is 7.11 Å². The van der Waals surface area contributed by atoms with E-state index in [2.05, 4.69) is 0 Å². The van der Waals surface area contributed by atoms with Crippen molar-refractivity contribution in [2.24, 2.45) is 0 Å². The fourth-order valence-electron chi connectivity index (χ4n) is 1.91. The molecule has 0 fully saturated rings. The number of aliphatic hydroxyl groups is 1. The summed E-state index contributed by atoms with van der Waals surface area (Å²) in [6.07, 6.45) is -1.62. The maximum atomic E-state index is 10.8. The number of carboxylic acid groups (broad SMARTS) is 1. The lowest BCUT2D eigenvalue weighted by molar-refractivity contribution is -0.147. The predicted octanol–water partition coefficient (Wildman–Crippen LogP) is 1.44. The molecule has 0 radical (unpaired) electrons. The molecule has 0 aliphatic carbocycles. The lowest BCUT2D eigenvalue weighted by Crippen LogP contribution is -2.14. The van der Waals surface area contributed by atoms with E-state index in [1.807, 2.05) is 0 Å². The second kappa shape index (κ2) is 4.63. The third kappa shape index (κ3) is 2.06. The van der Waals surface area contributed by atoms with Crippen LogP contribution in [0.4, 0.5) is 0 Å². The van der Waals surface area contributed by atoms with Crippen LogP contribution in [0.1, 0.15) is 28.4 Å². The summed E-state index contributed by atoms with van der Waals surface area (Å²) in [5.74, 6) is -1.16. The average Bonchev–Trinajstić information content (AvgIpc) is 2.27. The number of benzene rings is 1. The standard InChI is InChI=1S/C12H16O5/c1-5-6(2)9(13)11(17-4)7(3)8(5)10(14)12(15)16/h10,13-14H,1-4H3,(H,15,16). The molecule has 1 aromatic rings. The van der Waals surface area contributed by atoms with Crippen molar-refractivity contribution in [3.8, 4) is 11.5 Å². The highest BCUT2D eigenvalue weighted by molar-refractivity contribution is 5.77. The Bertz CT molecular complexity index is 465. The summed E-state index contributed by atoms with van der Waals surface area (Å²) in [6.45, 7) is 4.90. The van der Waals surface area contributed by atoms with Gasteiger partial charge in [-0.05, 0) is 31.9 Å². The Kier molecular flexibility index (Phi) is 3.63. The summed E-state index contributed by atoms with van der Waals surface area (Å²) >= 11 is 0. The largest absolute Gasteiger partial charge is 0.504 e. The first kappa shape index (κ1) is 13.3. The molecule has 5 nitrogen and oxygen atoms in total. The highest BCUT2D eigenvalue weighted by Gasteiger charge is 2.26. The maximum Gasteiger partial charge on any atom is 0.337 e. The monoisotopic (exact) mass is 240 g/mol. The van der Waals surface area contributed by atoms with E-state index < -0.39 is 12.1 Å². The molecular formula is C12H16O5. The number of methoxy groups -OCH3 is 1. The molecule has 1 rings (SSSR count). The predicted molar refractivity (Wildman–Crippen MR) is 61.5 cm³/mol. The SMILES string of the molecule is COc1c(C)c(C(O)C(=O)O)c(C)c(C)c1O. The van der Waals surface area contributed by atoms with E-state index in [4.69, 9.17) is 9.84 Å². The molecule has 1 unspecified atom stereocenters. The van der Waals surface area contributed by atoms with Crippen molar-refractivity contribution < 1.29 is 24.9 Å². The first-order chi connectivity index (χ1) is 7.82. The third-order valence-electron chi connectivity index (χ3n) is 2.99. The fraction of sp³-hybridized carbons (Fsp3) is 0.417. The molecule has 94 valence electrons. The molecule has 0 aromatic heterocycles. The fourth-order valence-corrected chi connectivity index (χ4v) is 1.91. The number of aromatic hydroxyl groups is 1. The number of hydrogen-bond acceptors (Lipinski definition) is 4. The molecule has 0 aliphatic rings. The van der Waals surface area contributed by atoms with Crippen LogP contribution in [0.25, 0.3) is 0 Å². The number of carboxylic acids is 1. The van der Waals surface area contributed by atoms with Gasteiger partial charge in [-0.3, -0.25) is 0 Å². The topological polar surface area (TPSA) is 87.0 Å². The van der Waals surface area contributed by atoms with Gasteiger partial charge >= 0.3 is 5.97 Å². The van der Waals surface area contributed by atoms with Gasteiger partial charge in [-0.2, -0.15) is 0 Å². The van der Waals surface area contributed by atoms with Crippen LogP contribution in [0.5, 0.6) is 11.5 Å². The van der Waals surface area contributed by atoms with Gasteiger partial charge < -0.3 is 20.1 Å². The molecule has 3 N–H and O–H groups in total. The van der Waals surface area contributed by atoms with Gasteiger partial charge in [-0.15, -0.1) is 0 Å². The molecule has 0 spiro atoms. The normalized spacial score (nSPS) is 12.3. The molecule has 0 amide bonds. The van der Waals surface area contributed by atoms with Crippen LogP contribution in [-0.4, -0.2) is 28.4 Å². The van der Waals surface area contributed by atoms with Crippen LogP contribution in [0.3, 0.4) is 0 Å². The average molecular weight is 240 g/mol. The van der Waals surface area contributed by atoms with Gasteiger partial charge in [-0.1, -0.05) is 0 Å². The zero-order valence-electron chi connectivity index (χ0n) is 10.2. The maximum absolute atomic E-state index is 10.8. The highest BCUT2D eigenvalue weighted by atomic mass is 16.5. The second-order valence-electron chi connectivity index (χ2n) is 3.91. The highest BCUT2D eigenvalue weighted by Crippen LogP contribution is 2.40. The zero-order chi connectivity index (χ0) is 13.3. The number of aliphatic carboxylic acids is 1. The lowest BCUT2D eigenvalue weighted by Gasteiger charge is -2.19. The Balaban J connectivity index is 3.61. The summed E-state index contributed by atoms with van der Waals surface area (Å²) in [5, 5.41) is 28.4. The molecule has 0 bridgehead atoms. The number of ether oxygens (including phenoxy) is 1. The van der Waals surface area contributed by atoms with Crippen LogP contribution in [0, 0.1) is 20.8 Å². The van der Waals surface area contributed by atoms with E-state index >= 15 is 0 Å². The summed E-state index contributed by atoms with van der Waals surface area (Å²) in [5.41, 5.74) is 1.76. The molecule has 1 atom stereocenters. The van der Waals surface area contributed by atoms with Gasteiger partial charge in [0.05, 0.1) is 7.11 Å². The van der Waals surface area contributed by atoms with Crippen molar-refractivity contribution in [1.29, 1.82) is 0 Å². The summed E-state index contributed by atoms with van der Waals surface area (Å²) in [7, 11) is 1.38. The molecule has 0 saturated carbocycles. The van der Waals surface area contributed by atoms with E-state index in [0.29, 0.717) is 16.7 Å². The quantitative estimate of drug-likeness (QED) is 0.744.